The molecule has 3 nitrogen and oxygen atoms in total. The van der Waals surface area contributed by atoms with Gasteiger partial charge in [-0.2, -0.15) is 0 Å². The summed E-state index contributed by atoms with van der Waals surface area (Å²) in [6.45, 7) is 0. The normalized spacial score (nSPS) is 19.8. The number of nitro groups is 1. The molecule has 0 saturated heterocycles. The number of fused-ring (bicyclic) bond motifs is 1. The average molecular weight is 231 g/mol. The summed E-state index contributed by atoms with van der Waals surface area (Å²) in [5.74, 6) is 0.789. The Morgan fingerprint density at radius 3 is 3.08 bits per heavy atom. The van der Waals surface area contributed by atoms with Crippen molar-refractivity contribution < 1.29 is 4.92 Å². The van der Waals surface area contributed by atoms with E-state index in [1.165, 1.54) is 6.07 Å². The molecule has 0 N–H and O–H groups in total. The summed E-state index contributed by atoms with van der Waals surface area (Å²) in [7, 11) is 1.52. The average Bonchev–Trinajstić information content (AvgIpc) is 2.42. The minimum absolute atomic E-state index is 0.113. The van der Waals surface area contributed by atoms with Crippen LogP contribution < -0.4 is 0 Å². The van der Waals surface area contributed by atoms with Gasteiger partial charge in [-0.1, -0.05) is 19.3 Å². The van der Waals surface area contributed by atoms with Crippen molar-refractivity contribution in [2.24, 2.45) is 0 Å². The number of rotatable bonds is 1. The van der Waals surface area contributed by atoms with Gasteiger partial charge in [-0.3, -0.25) is 10.1 Å². The quantitative estimate of drug-likeness (QED) is 0.422. The lowest BCUT2D eigenvalue weighted by Gasteiger charge is -1.94. The van der Waals surface area contributed by atoms with Crippen molar-refractivity contribution in [2.45, 2.75) is 10.6 Å². The summed E-state index contributed by atoms with van der Waals surface area (Å²) in [4.78, 5) is 11.2. The molecule has 6 heteroatoms. The van der Waals surface area contributed by atoms with Crippen molar-refractivity contribution in [2.75, 3.05) is 0 Å². The molecule has 0 bridgehead atoms. The lowest BCUT2D eigenvalue weighted by Crippen LogP contribution is -1.89. The minimum atomic E-state index is -0.370. The van der Waals surface area contributed by atoms with Crippen LogP contribution in [0.4, 0.5) is 5.69 Å². The highest BCUT2D eigenvalue weighted by molar-refractivity contribution is 8.82. The molecule has 0 amide bonds. The fourth-order valence-corrected chi connectivity index (χ4v) is 5.02. The Bertz CT molecular complexity index is 405. The molecule has 1 aromatic carbocycles. The second kappa shape index (κ2) is 3.36. The SMILES string of the molecule is O=[N+]([O-])c1ccc2c(c1)CS(=S)S2. The van der Waals surface area contributed by atoms with Crippen LogP contribution in [0.1, 0.15) is 5.56 Å². The molecule has 1 aliphatic rings. The topological polar surface area (TPSA) is 43.1 Å². The molecule has 0 radical (unpaired) electrons. The Labute approximate surface area is 85.7 Å². The Morgan fingerprint density at radius 2 is 2.38 bits per heavy atom. The van der Waals surface area contributed by atoms with Crippen LogP contribution in [0.2, 0.25) is 0 Å². The molecular formula is C7H5NO2S3. The molecule has 1 aromatic rings. The Morgan fingerprint density at radius 1 is 1.62 bits per heavy atom. The van der Waals surface area contributed by atoms with E-state index in [0.717, 1.165) is 16.2 Å². The van der Waals surface area contributed by atoms with Crippen molar-refractivity contribution in [3.8, 4) is 0 Å². The van der Waals surface area contributed by atoms with Gasteiger partial charge in [0.1, 0.15) is 0 Å². The van der Waals surface area contributed by atoms with E-state index in [2.05, 4.69) is 0 Å². The summed E-state index contributed by atoms with van der Waals surface area (Å²) in [6.07, 6.45) is 0. The molecule has 1 atom stereocenters. The van der Waals surface area contributed by atoms with Gasteiger partial charge in [0.15, 0.2) is 0 Å². The van der Waals surface area contributed by atoms with E-state index in [-0.39, 0.29) is 19.1 Å². The molecule has 2 rings (SSSR count). The zero-order valence-electron chi connectivity index (χ0n) is 6.43. The molecule has 68 valence electrons. The highest BCUT2D eigenvalue weighted by atomic mass is 33.3. The summed E-state index contributed by atoms with van der Waals surface area (Å²) < 4.78 is 0. The van der Waals surface area contributed by atoms with E-state index in [9.17, 15) is 10.1 Å². The van der Waals surface area contributed by atoms with E-state index in [4.69, 9.17) is 11.2 Å². The van der Waals surface area contributed by atoms with E-state index in [0.29, 0.717) is 0 Å². The maximum absolute atomic E-state index is 10.5. The van der Waals surface area contributed by atoms with Crippen LogP contribution in [0.5, 0.6) is 0 Å². The predicted octanol–water partition coefficient (Wildman–Crippen LogP) is 2.20. The second-order valence-corrected chi connectivity index (χ2v) is 7.63. The summed E-state index contributed by atoms with van der Waals surface area (Å²) in [5.41, 5.74) is 1.19. The largest absolute Gasteiger partial charge is 0.269 e. The first kappa shape index (κ1) is 9.11. The fourth-order valence-electron chi connectivity index (χ4n) is 1.13. The van der Waals surface area contributed by atoms with Crippen LogP contribution in [0.25, 0.3) is 0 Å². The monoisotopic (exact) mass is 231 g/mol. The lowest BCUT2D eigenvalue weighted by atomic mass is 10.2. The highest BCUT2D eigenvalue weighted by Crippen LogP contribution is 2.37. The van der Waals surface area contributed by atoms with Gasteiger partial charge in [-0.15, -0.1) is 0 Å². The third kappa shape index (κ3) is 1.74. The van der Waals surface area contributed by atoms with Crippen LogP contribution >= 0.6 is 10.8 Å². The molecule has 13 heavy (non-hydrogen) atoms. The van der Waals surface area contributed by atoms with Crippen molar-refractivity contribution in [3.63, 3.8) is 0 Å². The maximum atomic E-state index is 10.5. The number of benzene rings is 1. The second-order valence-electron chi connectivity index (χ2n) is 2.58. The van der Waals surface area contributed by atoms with E-state index < -0.39 is 0 Å². The van der Waals surface area contributed by atoms with Gasteiger partial charge in [-0.05, 0) is 22.8 Å². The van der Waals surface area contributed by atoms with Gasteiger partial charge in [0, 0.05) is 22.8 Å². The van der Waals surface area contributed by atoms with Crippen LogP contribution in [0.15, 0.2) is 23.1 Å². The van der Waals surface area contributed by atoms with Crippen molar-refractivity contribution in [1.29, 1.82) is 0 Å². The van der Waals surface area contributed by atoms with Gasteiger partial charge in [0.25, 0.3) is 5.69 Å². The van der Waals surface area contributed by atoms with Gasteiger partial charge < -0.3 is 0 Å². The van der Waals surface area contributed by atoms with Gasteiger partial charge in [0.2, 0.25) is 0 Å². The van der Waals surface area contributed by atoms with Crippen molar-refractivity contribution in [3.05, 3.63) is 33.9 Å². The smallest absolute Gasteiger partial charge is 0.258 e. The molecule has 0 aliphatic carbocycles. The van der Waals surface area contributed by atoms with Gasteiger partial charge >= 0.3 is 0 Å². The number of hydrogen-bond acceptors (Lipinski definition) is 4. The van der Waals surface area contributed by atoms with Crippen molar-refractivity contribution >= 4 is 36.2 Å². The molecule has 0 saturated carbocycles. The number of non-ortho nitro benzene ring substituents is 1. The fraction of sp³-hybridized carbons (Fsp3) is 0.143. The van der Waals surface area contributed by atoms with Gasteiger partial charge in [0.05, 0.1) is 4.92 Å². The van der Waals surface area contributed by atoms with E-state index in [1.807, 2.05) is 0 Å². The maximum Gasteiger partial charge on any atom is 0.269 e. The number of nitro benzene ring substituents is 1. The third-order valence-electron chi connectivity index (χ3n) is 1.71. The minimum Gasteiger partial charge on any atom is -0.258 e. The Balaban J connectivity index is 2.45. The van der Waals surface area contributed by atoms with Gasteiger partial charge in [-0.25, -0.2) is 0 Å². The summed E-state index contributed by atoms with van der Waals surface area (Å²) >= 11 is 5.14. The highest BCUT2D eigenvalue weighted by Gasteiger charge is 2.18. The standard InChI is InChI=1S/C7H5NO2S3/c9-8(10)6-1-2-7-5(3-6)4-13(11)12-7/h1-3H,4H2. The first-order valence-corrected chi connectivity index (χ1v) is 7.16. The molecule has 1 unspecified atom stereocenters. The van der Waals surface area contributed by atoms with E-state index >= 15 is 0 Å². The van der Waals surface area contributed by atoms with Crippen molar-refractivity contribution in [1.82, 2.24) is 0 Å². The first-order chi connectivity index (χ1) is 6.16. The molecule has 1 aliphatic heterocycles. The molecular weight excluding hydrogens is 226 g/mol. The first-order valence-electron chi connectivity index (χ1n) is 3.51. The summed E-state index contributed by atoms with van der Waals surface area (Å²) in [6, 6.07) is 4.95. The Hall–Kier alpha value is -0.460. The summed E-state index contributed by atoms with van der Waals surface area (Å²) in [5, 5.41) is 10.5. The van der Waals surface area contributed by atoms with Crippen LogP contribution in [-0.4, -0.2) is 4.92 Å². The van der Waals surface area contributed by atoms with Crippen LogP contribution in [0.3, 0.4) is 0 Å². The molecule has 0 fully saturated rings. The molecule has 1 heterocycles. The molecule has 0 spiro atoms. The molecule has 0 aromatic heterocycles. The number of hydrogen-bond donors (Lipinski definition) is 0. The van der Waals surface area contributed by atoms with Crippen LogP contribution in [-0.2, 0) is 25.4 Å². The Kier molecular flexibility index (Phi) is 2.35. The lowest BCUT2D eigenvalue weighted by molar-refractivity contribution is -0.385. The predicted molar refractivity (Wildman–Crippen MR) is 57.4 cm³/mol. The third-order valence-corrected chi connectivity index (χ3v) is 5.44. The van der Waals surface area contributed by atoms with E-state index in [1.54, 1.807) is 22.9 Å². The zero-order chi connectivity index (χ0) is 9.42. The zero-order valence-corrected chi connectivity index (χ0v) is 8.88. The van der Waals surface area contributed by atoms with Crippen LogP contribution in [0, 0.1) is 10.1 Å². The number of nitrogens with zero attached hydrogens (tertiary/aromatic N) is 1.